The maximum atomic E-state index is 13.7. The average molecular weight is 327 g/mol. The van der Waals surface area contributed by atoms with E-state index in [9.17, 15) is 9.18 Å². The van der Waals surface area contributed by atoms with Crippen molar-refractivity contribution in [2.24, 2.45) is 0 Å². The monoisotopic (exact) mass is 326 g/mol. The number of aliphatic carboxylic acids is 1. The van der Waals surface area contributed by atoms with E-state index in [-0.39, 0.29) is 12.2 Å². The Bertz CT molecular complexity index is 598. The quantitative estimate of drug-likeness (QED) is 0.885. The Morgan fingerprint density at radius 3 is 3.00 bits per heavy atom. The fraction of sp³-hybridized carbons (Fsp3) is 0.231. The van der Waals surface area contributed by atoms with E-state index in [1.165, 1.54) is 6.07 Å². The summed E-state index contributed by atoms with van der Waals surface area (Å²) in [7, 11) is 0. The zero-order valence-electron chi connectivity index (χ0n) is 9.99. The number of aromatic nitrogens is 2. The fourth-order valence-electron chi connectivity index (χ4n) is 1.74. The number of carbonyl (C=O) groups is 1. The van der Waals surface area contributed by atoms with Crippen LogP contribution >= 0.6 is 15.9 Å². The number of rotatable bonds is 5. The number of carboxylic acids is 1. The summed E-state index contributed by atoms with van der Waals surface area (Å²) in [4.78, 5) is 17.5. The van der Waals surface area contributed by atoms with E-state index in [2.05, 4.69) is 25.9 Å². The molecule has 19 heavy (non-hydrogen) atoms. The highest BCUT2D eigenvalue weighted by molar-refractivity contribution is 9.10. The number of benzene rings is 1. The third-order valence-electron chi connectivity index (χ3n) is 2.65. The van der Waals surface area contributed by atoms with Crippen molar-refractivity contribution in [2.45, 2.75) is 19.3 Å². The number of aryl methyl sites for hydroxylation is 1. The third kappa shape index (κ3) is 3.64. The molecule has 0 saturated carbocycles. The van der Waals surface area contributed by atoms with Crippen molar-refractivity contribution in [3.05, 3.63) is 40.5 Å². The van der Waals surface area contributed by atoms with Gasteiger partial charge in [0.15, 0.2) is 0 Å². The van der Waals surface area contributed by atoms with Crippen LogP contribution in [0.15, 0.2) is 28.9 Å². The fourth-order valence-corrected chi connectivity index (χ4v) is 2.10. The molecule has 0 bridgehead atoms. The molecule has 2 rings (SSSR count). The first kappa shape index (κ1) is 13.7. The highest BCUT2D eigenvalue weighted by Crippen LogP contribution is 2.25. The number of hydrogen-bond acceptors (Lipinski definition) is 2. The second-order valence-electron chi connectivity index (χ2n) is 4.12. The topological polar surface area (TPSA) is 66.0 Å². The lowest BCUT2D eigenvalue weighted by molar-refractivity contribution is -0.137. The summed E-state index contributed by atoms with van der Waals surface area (Å²) in [6.45, 7) is 0. The first-order valence-corrected chi connectivity index (χ1v) is 6.56. The molecule has 100 valence electrons. The van der Waals surface area contributed by atoms with Gasteiger partial charge in [0.05, 0.1) is 11.9 Å². The summed E-state index contributed by atoms with van der Waals surface area (Å²) in [5, 5.41) is 8.56. The van der Waals surface area contributed by atoms with Crippen molar-refractivity contribution in [2.75, 3.05) is 0 Å². The standard InChI is InChI=1S/C13H12BrFN2O2/c14-8-4-5-10(15)9(6-8)11-7-16-12(17-11)2-1-3-13(18)19/h4-7H,1-3H2,(H,16,17)(H,18,19). The minimum Gasteiger partial charge on any atom is -0.481 e. The summed E-state index contributed by atoms with van der Waals surface area (Å²) in [5.41, 5.74) is 1.02. The zero-order chi connectivity index (χ0) is 13.8. The Labute approximate surface area is 117 Å². The average Bonchev–Trinajstić information content (AvgIpc) is 2.80. The van der Waals surface area contributed by atoms with Gasteiger partial charge in [-0.2, -0.15) is 0 Å². The van der Waals surface area contributed by atoms with Gasteiger partial charge in [0, 0.05) is 22.9 Å². The Morgan fingerprint density at radius 2 is 2.26 bits per heavy atom. The van der Waals surface area contributed by atoms with Crippen molar-refractivity contribution in [1.29, 1.82) is 0 Å². The van der Waals surface area contributed by atoms with E-state index in [0.717, 1.165) is 4.47 Å². The van der Waals surface area contributed by atoms with Gasteiger partial charge < -0.3 is 10.1 Å². The van der Waals surface area contributed by atoms with Gasteiger partial charge in [-0.25, -0.2) is 9.37 Å². The SMILES string of the molecule is O=C(O)CCCc1ncc(-c2cc(Br)ccc2F)[nH]1. The molecule has 0 aliphatic heterocycles. The molecule has 1 aromatic heterocycles. The van der Waals surface area contributed by atoms with Crippen molar-refractivity contribution in [3.63, 3.8) is 0 Å². The van der Waals surface area contributed by atoms with Crippen LogP contribution in [0.25, 0.3) is 11.3 Å². The van der Waals surface area contributed by atoms with E-state index >= 15 is 0 Å². The lowest BCUT2D eigenvalue weighted by atomic mass is 10.1. The van der Waals surface area contributed by atoms with Gasteiger partial charge in [-0.05, 0) is 24.6 Å². The van der Waals surface area contributed by atoms with Crippen molar-refractivity contribution < 1.29 is 14.3 Å². The highest BCUT2D eigenvalue weighted by atomic mass is 79.9. The summed E-state index contributed by atoms with van der Waals surface area (Å²) in [5.74, 6) is -0.496. The second-order valence-corrected chi connectivity index (χ2v) is 5.03. The molecule has 2 aromatic rings. The molecule has 2 N–H and O–H groups in total. The van der Waals surface area contributed by atoms with Crippen LogP contribution in [0.3, 0.4) is 0 Å². The molecule has 0 unspecified atom stereocenters. The van der Waals surface area contributed by atoms with E-state index in [1.54, 1.807) is 18.3 Å². The number of nitrogens with one attached hydrogen (secondary N) is 1. The summed E-state index contributed by atoms with van der Waals surface area (Å²) in [6, 6.07) is 4.68. The van der Waals surface area contributed by atoms with Crippen LogP contribution in [0, 0.1) is 5.82 Å². The van der Waals surface area contributed by atoms with Gasteiger partial charge in [-0.1, -0.05) is 15.9 Å². The molecular formula is C13H12BrFN2O2. The zero-order valence-corrected chi connectivity index (χ0v) is 11.6. The lowest BCUT2D eigenvalue weighted by Crippen LogP contribution is -1.96. The lowest BCUT2D eigenvalue weighted by Gasteiger charge is -2.01. The minimum atomic E-state index is -0.829. The first-order chi connectivity index (χ1) is 9.06. The minimum absolute atomic E-state index is 0.0985. The van der Waals surface area contributed by atoms with Gasteiger partial charge in [-0.3, -0.25) is 4.79 Å². The van der Waals surface area contributed by atoms with Gasteiger partial charge in [-0.15, -0.1) is 0 Å². The van der Waals surface area contributed by atoms with E-state index in [0.29, 0.717) is 29.9 Å². The van der Waals surface area contributed by atoms with E-state index in [1.807, 2.05) is 0 Å². The normalized spacial score (nSPS) is 10.6. The predicted molar refractivity (Wildman–Crippen MR) is 72.3 cm³/mol. The molecule has 4 nitrogen and oxygen atoms in total. The van der Waals surface area contributed by atoms with Crippen LogP contribution in [0.1, 0.15) is 18.7 Å². The summed E-state index contributed by atoms with van der Waals surface area (Å²) in [6.07, 6.45) is 2.69. The number of hydrogen-bond donors (Lipinski definition) is 2. The maximum Gasteiger partial charge on any atom is 0.303 e. The van der Waals surface area contributed by atoms with Gasteiger partial charge in [0.1, 0.15) is 11.6 Å². The summed E-state index contributed by atoms with van der Waals surface area (Å²) < 4.78 is 14.5. The van der Waals surface area contributed by atoms with Gasteiger partial charge in [0.2, 0.25) is 0 Å². The van der Waals surface area contributed by atoms with Crippen molar-refractivity contribution in [3.8, 4) is 11.3 Å². The molecule has 0 saturated heterocycles. The molecule has 0 atom stereocenters. The smallest absolute Gasteiger partial charge is 0.303 e. The Kier molecular flexibility index (Phi) is 4.31. The second kappa shape index (κ2) is 5.97. The Hall–Kier alpha value is -1.69. The van der Waals surface area contributed by atoms with Gasteiger partial charge in [0.25, 0.3) is 0 Å². The number of nitrogens with zero attached hydrogens (tertiary/aromatic N) is 1. The molecule has 1 heterocycles. The molecule has 1 aromatic carbocycles. The van der Waals surface area contributed by atoms with Crippen LogP contribution in [-0.4, -0.2) is 21.0 Å². The number of H-pyrrole nitrogens is 1. The molecule has 0 radical (unpaired) electrons. The van der Waals surface area contributed by atoms with Crippen LogP contribution < -0.4 is 0 Å². The van der Waals surface area contributed by atoms with Crippen molar-refractivity contribution in [1.82, 2.24) is 9.97 Å². The molecule has 0 amide bonds. The first-order valence-electron chi connectivity index (χ1n) is 5.77. The number of imidazole rings is 1. The number of carboxylic acid groups (broad SMARTS) is 1. The van der Waals surface area contributed by atoms with Crippen LogP contribution in [0.2, 0.25) is 0 Å². The van der Waals surface area contributed by atoms with Gasteiger partial charge >= 0.3 is 5.97 Å². The molecule has 0 aliphatic carbocycles. The predicted octanol–water partition coefficient (Wildman–Crippen LogP) is 3.39. The molecular weight excluding hydrogens is 315 g/mol. The molecule has 0 aliphatic rings. The van der Waals surface area contributed by atoms with E-state index < -0.39 is 5.97 Å². The van der Waals surface area contributed by atoms with Crippen LogP contribution in [0.5, 0.6) is 0 Å². The maximum absolute atomic E-state index is 13.7. The van der Waals surface area contributed by atoms with E-state index in [4.69, 9.17) is 5.11 Å². The highest BCUT2D eigenvalue weighted by Gasteiger charge is 2.09. The number of halogens is 2. The summed E-state index contributed by atoms with van der Waals surface area (Å²) >= 11 is 3.29. The van der Waals surface area contributed by atoms with Crippen molar-refractivity contribution >= 4 is 21.9 Å². The Balaban J connectivity index is 2.12. The molecule has 0 fully saturated rings. The van der Waals surface area contributed by atoms with Crippen LogP contribution in [-0.2, 0) is 11.2 Å². The van der Waals surface area contributed by atoms with Crippen LogP contribution in [0.4, 0.5) is 4.39 Å². The molecule has 0 spiro atoms. The number of aromatic amines is 1. The molecule has 6 heteroatoms. The third-order valence-corrected chi connectivity index (χ3v) is 3.14. The Morgan fingerprint density at radius 1 is 1.47 bits per heavy atom. The largest absolute Gasteiger partial charge is 0.481 e.